The standard InChI is InChI=1S/C22H23N3O3S/c1-16-10-11-17(2)21(13-16)29(27,28)24-20-9-5-4-8-19(20)22(26)25(3)15-18-7-6-12-23-14-18/h4-14,24H,15H2,1-3H3. The van der Waals surface area contributed by atoms with Gasteiger partial charge in [-0.1, -0.05) is 30.3 Å². The smallest absolute Gasteiger partial charge is 0.262 e. The van der Waals surface area contributed by atoms with Gasteiger partial charge in [0.25, 0.3) is 15.9 Å². The van der Waals surface area contributed by atoms with Gasteiger partial charge in [-0.05, 0) is 54.8 Å². The van der Waals surface area contributed by atoms with Crippen LogP contribution >= 0.6 is 0 Å². The lowest BCUT2D eigenvalue weighted by atomic mass is 10.1. The van der Waals surface area contributed by atoms with Gasteiger partial charge in [0.15, 0.2) is 0 Å². The summed E-state index contributed by atoms with van der Waals surface area (Å²) in [5, 5.41) is 0. The summed E-state index contributed by atoms with van der Waals surface area (Å²) in [7, 11) is -2.17. The lowest BCUT2D eigenvalue weighted by Gasteiger charge is -2.20. The van der Waals surface area contributed by atoms with E-state index in [1.807, 2.05) is 19.1 Å². The van der Waals surface area contributed by atoms with E-state index in [2.05, 4.69) is 9.71 Å². The highest BCUT2D eigenvalue weighted by Crippen LogP contribution is 2.24. The Labute approximate surface area is 171 Å². The van der Waals surface area contributed by atoms with Gasteiger partial charge in [-0.25, -0.2) is 8.42 Å². The highest BCUT2D eigenvalue weighted by molar-refractivity contribution is 7.92. The van der Waals surface area contributed by atoms with Crippen LogP contribution in [0, 0.1) is 13.8 Å². The molecular weight excluding hydrogens is 386 g/mol. The maximum absolute atomic E-state index is 13.0. The van der Waals surface area contributed by atoms with Crippen LogP contribution in [0.25, 0.3) is 0 Å². The van der Waals surface area contributed by atoms with E-state index in [1.54, 1.807) is 68.8 Å². The Hall–Kier alpha value is -3.19. The first-order valence-electron chi connectivity index (χ1n) is 9.11. The maximum atomic E-state index is 13.0. The Bertz CT molecular complexity index is 1130. The van der Waals surface area contributed by atoms with E-state index in [9.17, 15) is 13.2 Å². The van der Waals surface area contributed by atoms with Crippen molar-refractivity contribution >= 4 is 21.6 Å². The van der Waals surface area contributed by atoms with Crippen molar-refractivity contribution in [3.63, 3.8) is 0 Å². The van der Waals surface area contributed by atoms with E-state index < -0.39 is 10.0 Å². The van der Waals surface area contributed by atoms with Crippen molar-refractivity contribution in [2.75, 3.05) is 11.8 Å². The Balaban J connectivity index is 1.89. The Morgan fingerprint density at radius 3 is 2.55 bits per heavy atom. The number of hydrogen-bond donors (Lipinski definition) is 1. The van der Waals surface area contributed by atoms with Crippen molar-refractivity contribution in [3.8, 4) is 0 Å². The molecule has 0 aliphatic carbocycles. The summed E-state index contributed by atoms with van der Waals surface area (Å²) in [4.78, 5) is 18.8. The quantitative estimate of drug-likeness (QED) is 0.672. The number of rotatable bonds is 6. The minimum Gasteiger partial charge on any atom is -0.337 e. The number of amides is 1. The second kappa shape index (κ2) is 8.45. The van der Waals surface area contributed by atoms with E-state index in [1.165, 1.54) is 4.90 Å². The normalized spacial score (nSPS) is 11.1. The lowest BCUT2D eigenvalue weighted by molar-refractivity contribution is 0.0786. The molecule has 7 heteroatoms. The molecule has 0 saturated carbocycles. The third-order valence-electron chi connectivity index (χ3n) is 4.52. The molecule has 1 N–H and O–H groups in total. The molecule has 0 radical (unpaired) electrons. The van der Waals surface area contributed by atoms with Gasteiger partial charge < -0.3 is 4.90 Å². The Kier molecular flexibility index (Phi) is 5.98. The zero-order valence-corrected chi connectivity index (χ0v) is 17.4. The summed E-state index contributed by atoms with van der Waals surface area (Å²) in [6.45, 7) is 3.95. The molecule has 0 aliphatic heterocycles. The minimum atomic E-state index is -3.84. The van der Waals surface area contributed by atoms with Crippen LogP contribution in [-0.2, 0) is 16.6 Å². The maximum Gasteiger partial charge on any atom is 0.262 e. The van der Waals surface area contributed by atoms with Crippen molar-refractivity contribution in [3.05, 3.63) is 89.2 Å². The molecule has 3 rings (SSSR count). The summed E-state index contributed by atoms with van der Waals surface area (Å²) in [5.74, 6) is -0.284. The average Bonchev–Trinajstić information content (AvgIpc) is 2.70. The zero-order valence-electron chi connectivity index (χ0n) is 16.6. The number of hydrogen-bond acceptors (Lipinski definition) is 4. The monoisotopic (exact) mass is 409 g/mol. The first kappa shape index (κ1) is 20.5. The van der Waals surface area contributed by atoms with Crippen molar-refractivity contribution in [2.24, 2.45) is 0 Å². The number of nitrogens with one attached hydrogen (secondary N) is 1. The number of carbonyl (C=O) groups is 1. The van der Waals surface area contributed by atoms with Crippen LogP contribution < -0.4 is 4.72 Å². The summed E-state index contributed by atoms with van der Waals surface area (Å²) in [5.41, 5.74) is 2.90. The predicted octanol–water partition coefficient (Wildman–Crippen LogP) is 3.77. The fourth-order valence-corrected chi connectivity index (χ4v) is 4.41. The molecular formula is C22H23N3O3S. The number of nitrogens with zero attached hydrogens (tertiary/aromatic N) is 2. The van der Waals surface area contributed by atoms with Gasteiger partial charge in [0.05, 0.1) is 16.1 Å². The van der Waals surface area contributed by atoms with E-state index in [4.69, 9.17) is 0 Å². The van der Waals surface area contributed by atoms with Crippen LogP contribution in [0.15, 0.2) is 71.9 Å². The molecule has 0 saturated heterocycles. The van der Waals surface area contributed by atoms with Gasteiger partial charge in [-0.15, -0.1) is 0 Å². The number of aromatic nitrogens is 1. The third-order valence-corrected chi connectivity index (χ3v) is 6.03. The number of aryl methyl sites for hydroxylation is 2. The number of benzene rings is 2. The number of anilines is 1. The lowest BCUT2D eigenvalue weighted by Crippen LogP contribution is -2.27. The van der Waals surface area contributed by atoms with Crippen molar-refractivity contribution in [1.82, 2.24) is 9.88 Å². The van der Waals surface area contributed by atoms with Crippen LogP contribution in [0.4, 0.5) is 5.69 Å². The van der Waals surface area contributed by atoms with E-state index in [0.717, 1.165) is 11.1 Å². The molecule has 2 aromatic carbocycles. The fraction of sp³-hybridized carbons (Fsp3) is 0.182. The zero-order chi connectivity index (χ0) is 21.0. The molecule has 0 bridgehead atoms. The van der Waals surface area contributed by atoms with Crippen LogP contribution in [-0.4, -0.2) is 31.3 Å². The summed E-state index contributed by atoms with van der Waals surface area (Å²) in [6.07, 6.45) is 3.36. The molecule has 0 spiro atoms. The number of carbonyl (C=O) groups excluding carboxylic acids is 1. The summed E-state index contributed by atoms with van der Waals surface area (Å²) < 4.78 is 28.5. The SMILES string of the molecule is Cc1ccc(C)c(S(=O)(=O)Nc2ccccc2C(=O)N(C)Cc2cccnc2)c1. The first-order chi connectivity index (χ1) is 13.8. The van der Waals surface area contributed by atoms with Gasteiger partial charge in [-0.3, -0.25) is 14.5 Å². The summed E-state index contributed by atoms with van der Waals surface area (Å²) >= 11 is 0. The second-order valence-corrected chi connectivity index (χ2v) is 8.59. The molecule has 0 aliphatic rings. The van der Waals surface area contributed by atoms with Crippen LogP contribution in [0.2, 0.25) is 0 Å². The molecule has 0 atom stereocenters. The topological polar surface area (TPSA) is 79.4 Å². The molecule has 29 heavy (non-hydrogen) atoms. The Morgan fingerprint density at radius 2 is 1.83 bits per heavy atom. The van der Waals surface area contributed by atoms with Gasteiger partial charge >= 0.3 is 0 Å². The molecule has 150 valence electrons. The number of pyridine rings is 1. The third kappa shape index (κ3) is 4.81. The van der Waals surface area contributed by atoms with E-state index >= 15 is 0 Å². The highest BCUT2D eigenvalue weighted by Gasteiger charge is 2.22. The molecule has 3 aromatic rings. The van der Waals surface area contributed by atoms with Gasteiger partial charge in [0.1, 0.15) is 0 Å². The Morgan fingerprint density at radius 1 is 1.07 bits per heavy atom. The molecule has 1 aromatic heterocycles. The van der Waals surface area contributed by atoms with Crippen molar-refractivity contribution < 1.29 is 13.2 Å². The van der Waals surface area contributed by atoms with Gasteiger partial charge in [0, 0.05) is 26.0 Å². The van der Waals surface area contributed by atoms with Crippen molar-refractivity contribution in [2.45, 2.75) is 25.3 Å². The highest BCUT2D eigenvalue weighted by atomic mass is 32.2. The molecule has 1 amide bonds. The van der Waals surface area contributed by atoms with Gasteiger partial charge in [-0.2, -0.15) is 0 Å². The minimum absolute atomic E-state index is 0.198. The molecule has 0 fully saturated rings. The second-order valence-electron chi connectivity index (χ2n) is 6.94. The number of sulfonamides is 1. The van der Waals surface area contributed by atoms with Crippen LogP contribution in [0.3, 0.4) is 0 Å². The van der Waals surface area contributed by atoms with Gasteiger partial charge in [0.2, 0.25) is 0 Å². The molecule has 6 nitrogen and oxygen atoms in total. The molecule has 1 heterocycles. The van der Waals surface area contributed by atoms with Crippen LogP contribution in [0.1, 0.15) is 27.0 Å². The largest absolute Gasteiger partial charge is 0.337 e. The van der Waals surface area contributed by atoms with Crippen LogP contribution in [0.5, 0.6) is 0 Å². The van der Waals surface area contributed by atoms with Crippen molar-refractivity contribution in [1.29, 1.82) is 0 Å². The first-order valence-corrected chi connectivity index (χ1v) is 10.6. The number of para-hydroxylation sites is 1. The summed E-state index contributed by atoms with van der Waals surface area (Å²) in [6, 6.07) is 15.5. The predicted molar refractivity (Wildman–Crippen MR) is 113 cm³/mol. The molecule has 0 unspecified atom stereocenters. The average molecular weight is 410 g/mol. The van der Waals surface area contributed by atoms with E-state index in [0.29, 0.717) is 12.1 Å². The van der Waals surface area contributed by atoms with E-state index in [-0.39, 0.29) is 22.1 Å². The fourth-order valence-electron chi connectivity index (χ4n) is 3.00.